The largest absolute Gasteiger partial charge is 0.501 e. The van der Waals surface area contributed by atoms with Gasteiger partial charge in [0.05, 0.1) is 18.4 Å². The van der Waals surface area contributed by atoms with E-state index in [1.807, 2.05) is 0 Å². The molecule has 1 heterocycles. The lowest BCUT2D eigenvalue weighted by Gasteiger charge is -2.17. The van der Waals surface area contributed by atoms with Crippen LogP contribution in [0.2, 0.25) is 0 Å². The van der Waals surface area contributed by atoms with E-state index >= 15 is 0 Å². The second kappa shape index (κ2) is 8.15. The standard InChI is InChI=1S/C14H25NO2/c1-3-5-7-12(4-2)10-15-14(16)13-8-6-9-17-11-13/h11-12H,3-10H2,1-2H3,(H,15,16)/t12-/m1/s1. The zero-order chi connectivity index (χ0) is 12.5. The number of ether oxygens (including phenoxy) is 1. The summed E-state index contributed by atoms with van der Waals surface area (Å²) in [5.74, 6) is 0.670. The highest BCUT2D eigenvalue weighted by atomic mass is 16.5. The van der Waals surface area contributed by atoms with Gasteiger partial charge in [-0.15, -0.1) is 0 Å². The van der Waals surface area contributed by atoms with Crippen molar-refractivity contribution in [3.63, 3.8) is 0 Å². The number of hydrogen-bond acceptors (Lipinski definition) is 2. The minimum atomic E-state index is 0.0552. The number of hydrogen-bond donors (Lipinski definition) is 1. The molecule has 1 amide bonds. The van der Waals surface area contributed by atoms with Crippen molar-refractivity contribution in [2.24, 2.45) is 5.92 Å². The lowest BCUT2D eigenvalue weighted by atomic mass is 9.99. The lowest BCUT2D eigenvalue weighted by Crippen LogP contribution is -2.31. The Morgan fingerprint density at radius 1 is 1.53 bits per heavy atom. The van der Waals surface area contributed by atoms with Crippen LogP contribution in [0.25, 0.3) is 0 Å². The Hall–Kier alpha value is -0.990. The Balaban J connectivity index is 2.27. The normalized spacial score (nSPS) is 16.9. The molecular formula is C14H25NO2. The Kier molecular flexibility index (Phi) is 6.75. The molecule has 1 aliphatic heterocycles. The molecule has 0 bridgehead atoms. The molecule has 3 heteroatoms. The second-order valence-corrected chi connectivity index (χ2v) is 4.74. The van der Waals surface area contributed by atoms with Gasteiger partial charge in [0.25, 0.3) is 0 Å². The maximum atomic E-state index is 11.8. The zero-order valence-corrected chi connectivity index (χ0v) is 11.1. The Bertz CT molecular complexity index is 261. The summed E-state index contributed by atoms with van der Waals surface area (Å²) in [6, 6.07) is 0. The van der Waals surface area contributed by atoms with Crippen molar-refractivity contribution in [3.8, 4) is 0 Å². The van der Waals surface area contributed by atoms with Gasteiger partial charge < -0.3 is 10.1 Å². The highest BCUT2D eigenvalue weighted by Crippen LogP contribution is 2.14. The summed E-state index contributed by atoms with van der Waals surface area (Å²) in [7, 11) is 0. The Morgan fingerprint density at radius 2 is 2.35 bits per heavy atom. The molecule has 0 unspecified atom stereocenters. The molecule has 0 saturated heterocycles. The minimum absolute atomic E-state index is 0.0552. The van der Waals surface area contributed by atoms with Gasteiger partial charge in [-0.1, -0.05) is 33.1 Å². The van der Waals surface area contributed by atoms with E-state index in [0.29, 0.717) is 5.92 Å². The van der Waals surface area contributed by atoms with E-state index in [-0.39, 0.29) is 5.91 Å². The first-order valence-electron chi connectivity index (χ1n) is 6.86. The first-order chi connectivity index (χ1) is 8.27. The van der Waals surface area contributed by atoms with Crippen LogP contribution in [0.15, 0.2) is 11.8 Å². The molecular weight excluding hydrogens is 214 g/mol. The van der Waals surface area contributed by atoms with Crippen LogP contribution in [0.1, 0.15) is 52.4 Å². The van der Waals surface area contributed by atoms with Gasteiger partial charge in [0.15, 0.2) is 0 Å². The summed E-state index contributed by atoms with van der Waals surface area (Å²) in [4.78, 5) is 11.8. The van der Waals surface area contributed by atoms with E-state index < -0.39 is 0 Å². The highest BCUT2D eigenvalue weighted by molar-refractivity contribution is 5.93. The maximum Gasteiger partial charge on any atom is 0.250 e. The van der Waals surface area contributed by atoms with Crippen molar-refractivity contribution in [2.75, 3.05) is 13.2 Å². The van der Waals surface area contributed by atoms with Crippen LogP contribution in [0.5, 0.6) is 0 Å². The zero-order valence-electron chi connectivity index (χ0n) is 11.1. The molecule has 1 rings (SSSR count). The summed E-state index contributed by atoms with van der Waals surface area (Å²) in [6.07, 6.45) is 8.23. The summed E-state index contributed by atoms with van der Waals surface area (Å²) in [5, 5.41) is 3.03. The molecule has 0 aromatic rings. The highest BCUT2D eigenvalue weighted by Gasteiger charge is 2.14. The lowest BCUT2D eigenvalue weighted by molar-refractivity contribution is -0.118. The van der Waals surface area contributed by atoms with Crippen LogP contribution < -0.4 is 5.32 Å². The molecule has 0 radical (unpaired) electrons. The van der Waals surface area contributed by atoms with Crippen molar-refractivity contribution in [1.29, 1.82) is 0 Å². The predicted molar refractivity (Wildman–Crippen MR) is 69.6 cm³/mol. The van der Waals surface area contributed by atoms with Gasteiger partial charge in [-0.05, 0) is 25.2 Å². The molecule has 0 saturated carbocycles. The molecule has 17 heavy (non-hydrogen) atoms. The fourth-order valence-corrected chi connectivity index (χ4v) is 2.03. The van der Waals surface area contributed by atoms with Crippen LogP contribution in [-0.2, 0) is 9.53 Å². The number of unbranched alkanes of at least 4 members (excludes halogenated alkanes) is 1. The van der Waals surface area contributed by atoms with E-state index in [2.05, 4.69) is 19.2 Å². The van der Waals surface area contributed by atoms with Gasteiger partial charge in [0.1, 0.15) is 0 Å². The van der Waals surface area contributed by atoms with Crippen molar-refractivity contribution >= 4 is 5.91 Å². The number of amides is 1. The van der Waals surface area contributed by atoms with E-state index in [1.54, 1.807) is 6.26 Å². The molecule has 3 nitrogen and oxygen atoms in total. The molecule has 0 aromatic carbocycles. The van der Waals surface area contributed by atoms with E-state index in [4.69, 9.17) is 4.74 Å². The molecule has 98 valence electrons. The first-order valence-corrected chi connectivity index (χ1v) is 6.86. The average molecular weight is 239 g/mol. The van der Waals surface area contributed by atoms with Crippen LogP contribution in [0, 0.1) is 5.92 Å². The fraction of sp³-hybridized carbons (Fsp3) is 0.786. The van der Waals surface area contributed by atoms with Crippen LogP contribution in [-0.4, -0.2) is 19.1 Å². The van der Waals surface area contributed by atoms with Gasteiger partial charge in [0.2, 0.25) is 5.91 Å². The molecule has 1 atom stereocenters. The summed E-state index contributed by atoms with van der Waals surface area (Å²) < 4.78 is 5.18. The summed E-state index contributed by atoms with van der Waals surface area (Å²) >= 11 is 0. The predicted octanol–water partition coefficient (Wildman–Crippen LogP) is 3.01. The number of carbonyl (C=O) groups excluding carboxylic acids is 1. The van der Waals surface area contributed by atoms with Gasteiger partial charge in [-0.2, -0.15) is 0 Å². The molecule has 1 N–H and O–H groups in total. The van der Waals surface area contributed by atoms with Crippen LogP contribution >= 0.6 is 0 Å². The molecule has 0 aromatic heterocycles. The van der Waals surface area contributed by atoms with Gasteiger partial charge in [0, 0.05) is 6.54 Å². The quantitative estimate of drug-likeness (QED) is 0.741. The van der Waals surface area contributed by atoms with E-state index in [0.717, 1.165) is 38.0 Å². The first kappa shape index (κ1) is 14.1. The maximum absolute atomic E-state index is 11.8. The molecule has 0 spiro atoms. The topological polar surface area (TPSA) is 38.3 Å². The summed E-state index contributed by atoms with van der Waals surface area (Å²) in [5.41, 5.74) is 0.793. The fourth-order valence-electron chi connectivity index (χ4n) is 2.03. The van der Waals surface area contributed by atoms with Crippen molar-refractivity contribution in [1.82, 2.24) is 5.32 Å². The van der Waals surface area contributed by atoms with Gasteiger partial charge in [-0.25, -0.2) is 0 Å². The van der Waals surface area contributed by atoms with Crippen molar-refractivity contribution in [2.45, 2.75) is 52.4 Å². The van der Waals surface area contributed by atoms with Gasteiger partial charge >= 0.3 is 0 Å². The SMILES string of the molecule is CCCC[C@@H](CC)CNC(=O)C1=COCCC1. The Morgan fingerprint density at radius 3 is 2.94 bits per heavy atom. The summed E-state index contributed by atoms with van der Waals surface area (Å²) in [6.45, 7) is 5.93. The van der Waals surface area contributed by atoms with Gasteiger partial charge in [-0.3, -0.25) is 4.79 Å². The smallest absolute Gasteiger partial charge is 0.250 e. The third kappa shape index (κ3) is 5.24. The van der Waals surface area contributed by atoms with Crippen LogP contribution in [0.4, 0.5) is 0 Å². The number of nitrogens with one attached hydrogen (secondary N) is 1. The average Bonchev–Trinajstić information content (AvgIpc) is 2.39. The van der Waals surface area contributed by atoms with Crippen LogP contribution in [0.3, 0.4) is 0 Å². The second-order valence-electron chi connectivity index (χ2n) is 4.74. The monoisotopic (exact) mass is 239 g/mol. The van der Waals surface area contributed by atoms with Crippen molar-refractivity contribution in [3.05, 3.63) is 11.8 Å². The molecule has 1 aliphatic rings. The molecule has 0 aliphatic carbocycles. The minimum Gasteiger partial charge on any atom is -0.501 e. The van der Waals surface area contributed by atoms with E-state index in [1.165, 1.54) is 19.3 Å². The Labute approximate surface area is 105 Å². The number of carbonyl (C=O) groups is 1. The third-order valence-electron chi connectivity index (χ3n) is 3.32. The third-order valence-corrected chi connectivity index (χ3v) is 3.32. The molecule has 0 fully saturated rings. The number of rotatable bonds is 7. The van der Waals surface area contributed by atoms with Crippen molar-refractivity contribution < 1.29 is 9.53 Å². The van der Waals surface area contributed by atoms with E-state index in [9.17, 15) is 4.79 Å².